The number of hydrogen-bond donors (Lipinski definition) is 1. The number of carbonyl (C=O) groups excluding carboxylic acids is 2. The van der Waals surface area contributed by atoms with Gasteiger partial charge in [-0.3, -0.25) is 9.59 Å². The van der Waals surface area contributed by atoms with Gasteiger partial charge in [0.15, 0.2) is 0 Å². The summed E-state index contributed by atoms with van der Waals surface area (Å²) in [4.78, 5) is 25.6. The van der Waals surface area contributed by atoms with Crippen LogP contribution in [-0.4, -0.2) is 50.6 Å². The lowest BCUT2D eigenvalue weighted by molar-refractivity contribution is -0.125. The van der Waals surface area contributed by atoms with Crippen molar-refractivity contribution < 1.29 is 23.1 Å². The van der Waals surface area contributed by atoms with E-state index in [0.29, 0.717) is 6.61 Å². The number of nitrogens with one attached hydrogen (secondary N) is 1. The van der Waals surface area contributed by atoms with Gasteiger partial charge in [0, 0.05) is 33.2 Å². The van der Waals surface area contributed by atoms with Gasteiger partial charge < -0.3 is 15.0 Å². The molecule has 2 atom stereocenters. The van der Waals surface area contributed by atoms with Crippen molar-refractivity contribution in [3.05, 3.63) is 35.4 Å². The topological polar surface area (TPSA) is 58.6 Å². The monoisotopic (exact) mass is 312 g/mol. The van der Waals surface area contributed by atoms with Gasteiger partial charge in [-0.25, -0.2) is 8.78 Å². The first-order valence-corrected chi connectivity index (χ1v) is 6.92. The highest BCUT2D eigenvalue weighted by Gasteiger charge is 2.39. The summed E-state index contributed by atoms with van der Waals surface area (Å²) in [7, 11) is 3.03. The van der Waals surface area contributed by atoms with Crippen molar-refractivity contribution in [1.82, 2.24) is 10.2 Å². The molecule has 2 rings (SSSR count). The summed E-state index contributed by atoms with van der Waals surface area (Å²) in [6.07, 6.45) is 0. The number of hydrogen-bond acceptors (Lipinski definition) is 3. The maximum atomic E-state index is 13.7. The van der Waals surface area contributed by atoms with Gasteiger partial charge in [0.2, 0.25) is 5.91 Å². The second-order valence-corrected chi connectivity index (χ2v) is 5.27. The average molecular weight is 312 g/mol. The van der Waals surface area contributed by atoms with E-state index in [4.69, 9.17) is 4.74 Å². The van der Waals surface area contributed by atoms with E-state index in [1.165, 1.54) is 19.1 Å². The van der Waals surface area contributed by atoms with Crippen LogP contribution < -0.4 is 5.32 Å². The molecule has 1 N–H and O–H groups in total. The van der Waals surface area contributed by atoms with Crippen LogP contribution in [0, 0.1) is 23.5 Å². The summed E-state index contributed by atoms with van der Waals surface area (Å²) >= 11 is 0. The molecule has 0 bridgehead atoms. The maximum Gasteiger partial charge on any atom is 0.256 e. The number of likely N-dealkylation sites (tertiary alicyclic amines) is 1. The van der Waals surface area contributed by atoms with Crippen LogP contribution in [0.2, 0.25) is 0 Å². The second kappa shape index (κ2) is 6.83. The summed E-state index contributed by atoms with van der Waals surface area (Å²) in [5, 5.41) is 2.55. The highest BCUT2D eigenvalue weighted by atomic mass is 19.1. The third-order valence-electron chi connectivity index (χ3n) is 3.85. The lowest BCUT2D eigenvalue weighted by Gasteiger charge is -2.16. The van der Waals surface area contributed by atoms with E-state index in [1.54, 1.807) is 0 Å². The van der Waals surface area contributed by atoms with E-state index >= 15 is 0 Å². The van der Waals surface area contributed by atoms with E-state index in [9.17, 15) is 18.4 Å². The molecule has 1 aliphatic rings. The van der Waals surface area contributed by atoms with Gasteiger partial charge in [0.1, 0.15) is 11.6 Å². The number of amides is 2. The molecule has 22 heavy (non-hydrogen) atoms. The van der Waals surface area contributed by atoms with Crippen LogP contribution in [0.15, 0.2) is 18.2 Å². The summed E-state index contributed by atoms with van der Waals surface area (Å²) in [6, 6.07) is 2.74. The van der Waals surface area contributed by atoms with Crippen molar-refractivity contribution >= 4 is 11.8 Å². The summed E-state index contributed by atoms with van der Waals surface area (Å²) < 4.78 is 32.0. The van der Waals surface area contributed by atoms with E-state index in [-0.39, 0.29) is 30.5 Å². The minimum atomic E-state index is -0.780. The Kier molecular flexibility index (Phi) is 5.07. The van der Waals surface area contributed by atoms with Gasteiger partial charge in [-0.2, -0.15) is 0 Å². The Labute approximate surface area is 127 Å². The minimum absolute atomic E-state index is 0.155. The van der Waals surface area contributed by atoms with E-state index < -0.39 is 23.5 Å². The second-order valence-electron chi connectivity index (χ2n) is 5.27. The maximum absolute atomic E-state index is 13.7. The number of rotatable bonds is 4. The fraction of sp³-hybridized carbons (Fsp3) is 0.467. The number of nitrogens with zero attached hydrogens (tertiary/aromatic N) is 1. The number of benzene rings is 1. The van der Waals surface area contributed by atoms with E-state index in [1.807, 2.05) is 0 Å². The lowest BCUT2D eigenvalue weighted by Crippen LogP contribution is -2.34. The summed E-state index contributed by atoms with van der Waals surface area (Å²) in [6.45, 7) is 0.733. The van der Waals surface area contributed by atoms with Crippen molar-refractivity contribution in [3.8, 4) is 0 Å². The zero-order valence-electron chi connectivity index (χ0n) is 12.4. The summed E-state index contributed by atoms with van der Waals surface area (Å²) in [5.41, 5.74) is -0.325. The van der Waals surface area contributed by atoms with Crippen molar-refractivity contribution in [2.24, 2.45) is 11.8 Å². The molecule has 1 aliphatic heterocycles. The van der Waals surface area contributed by atoms with Crippen LogP contribution in [0.25, 0.3) is 0 Å². The Morgan fingerprint density at radius 3 is 2.73 bits per heavy atom. The molecular weight excluding hydrogens is 294 g/mol. The van der Waals surface area contributed by atoms with E-state index in [2.05, 4.69) is 5.32 Å². The summed E-state index contributed by atoms with van der Waals surface area (Å²) in [5.74, 6) is -2.88. The Morgan fingerprint density at radius 2 is 2.09 bits per heavy atom. The number of carbonyl (C=O) groups is 2. The largest absolute Gasteiger partial charge is 0.384 e. The quantitative estimate of drug-likeness (QED) is 0.904. The van der Waals surface area contributed by atoms with Crippen LogP contribution in [0.4, 0.5) is 8.78 Å². The molecule has 0 aliphatic carbocycles. The molecule has 0 radical (unpaired) electrons. The molecular formula is C15H18F2N2O3. The average Bonchev–Trinajstić information content (AvgIpc) is 2.92. The molecule has 0 aromatic heterocycles. The third-order valence-corrected chi connectivity index (χ3v) is 3.85. The molecule has 2 amide bonds. The van der Waals surface area contributed by atoms with Crippen molar-refractivity contribution in [1.29, 1.82) is 0 Å². The first-order valence-electron chi connectivity index (χ1n) is 6.92. The molecule has 2 unspecified atom stereocenters. The van der Waals surface area contributed by atoms with Crippen molar-refractivity contribution in [2.45, 2.75) is 0 Å². The van der Waals surface area contributed by atoms with Crippen molar-refractivity contribution in [2.75, 3.05) is 33.9 Å². The van der Waals surface area contributed by atoms with Crippen LogP contribution in [-0.2, 0) is 9.53 Å². The van der Waals surface area contributed by atoms with Gasteiger partial charge >= 0.3 is 0 Å². The van der Waals surface area contributed by atoms with E-state index in [0.717, 1.165) is 18.2 Å². The first-order chi connectivity index (χ1) is 10.5. The van der Waals surface area contributed by atoms with Gasteiger partial charge in [-0.05, 0) is 18.2 Å². The number of ether oxygens (including phenoxy) is 1. The minimum Gasteiger partial charge on any atom is -0.384 e. The molecule has 7 heteroatoms. The zero-order valence-corrected chi connectivity index (χ0v) is 12.4. The van der Waals surface area contributed by atoms with Crippen LogP contribution in [0.5, 0.6) is 0 Å². The molecule has 1 fully saturated rings. The molecule has 120 valence electrons. The normalized spacial score (nSPS) is 21.0. The molecule has 1 saturated heterocycles. The van der Waals surface area contributed by atoms with Gasteiger partial charge in [0.05, 0.1) is 18.1 Å². The van der Waals surface area contributed by atoms with Crippen LogP contribution in [0.3, 0.4) is 0 Å². The first kappa shape index (κ1) is 16.4. The molecule has 1 heterocycles. The zero-order chi connectivity index (χ0) is 16.3. The van der Waals surface area contributed by atoms with Crippen molar-refractivity contribution in [3.63, 3.8) is 0 Å². The molecule has 0 spiro atoms. The Hall–Kier alpha value is -2.02. The van der Waals surface area contributed by atoms with Gasteiger partial charge in [-0.1, -0.05) is 0 Å². The lowest BCUT2D eigenvalue weighted by atomic mass is 9.96. The fourth-order valence-electron chi connectivity index (χ4n) is 2.73. The van der Waals surface area contributed by atoms with Crippen LogP contribution in [0.1, 0.15) is 10.4 Å². The van der Waals surface area contributed by atoms with Gasteiger partial charge in [0.25, 0.3) is 5.91 Å². The Balaban J connectivity index is 2.20. The third kappa shape index (κ3) is 3.24. The SMILES string of the molecule is CNC(=O)C1CN(C(=O)c2cc(F)ccc2F)CC1COC. The number of methoxy groups -OCH3 is 1. The highest BCUT2D eigenvalue weighted by molar-refractivity contribution is 5.95. The molecule has 1 aromatic carbocycles. The molecule has 1 aromatic rings. The fourth-order valence-corrected chi connectivity index (χ4v) is 2.73. The molecule has 5 nitrogen and oxygen atoms in total. The Bertz CT molecular complexity index is 580. The highest BCUT2D eigenvalue weighted by Crippen LogP contribution is 2.26. The number of halogens is 2. The smallest absolute Gasteiger partial charge is 0.256 e. The standard InChI is InChI=1S/C15H18F2N2O3/c1-18-14(20)12-7-19(6-9(12)8-22-2)15(21)11-5-10(16)3-4-13(11)17/h3-5,9,12H,6-8H2,1-2H3,(H,18,20). The van der Waals surface area contributed by atoms with Crippen LogP contribution >= 0.6 is 0 Å². The predicted molar refractivity (Wildman–Crippen MR) is 75.2 cm³/mol. The molecule has 0 saturated carbocycles. The Morgan fingerprint density at radius 1 is 1.36 bits per heavy atom. The van der Waals surface area contributed by atoms with Gasteiger partial charge in [-0.15, -0.1) is 0 Å². The predicted octanol–water partition coefficient (Wildman–Crippen LogP) is 1.05.